The first-order chi connectivity index (χ1) is 8.53. The quantitative estimate of drug-likeness (QED) is 0.865. The molecule has 0 unspecified atom stereocenters. The molecule has 94 valence electrons. The van der Waals surface area contributed by atoms with Crippen molar-refractivity contribution in [1.29, 1.82) is 0 Å². The fourth-order valence-electron chi connectivity index (χ4n) is 1.69. The minimum atomic E-state index is -3.87. The third-order valence-corrected chi connectivity index (χ3v) is 4.21. The lowest BCUT2D eigenvalue weighted by Gasteiger charge is -2.13. The molecule has 0 heterocycles. The highest BCUT2D eigenvalue weighted by atomic mass is 32.2. The summed E-state index contributed by atoms with van der Waals surface area (Å²) >= 11 is 0. The van der Waals surface area contributed by atoms with Crippen molar-refractivity contribution in [3.63, 3.8) is 0 Å². The van der Waals surface area contributed by atoms with Crippen LogP contribution in [-0.4, -0.2) is 25.1 Å². The molecule has 0 amide bonds. The van der Waals surface area contributed by atoms with E-state index in [1.165, 1.54) is 6.07 Å². The largest absolute Gasteiger partial charge is 0.299 e. The summed E-state index contributed by atoms with van der Waals surface area (Å²) in [6.45, 7) is 0. The monoisotopic (exact) mass is 263 g/mol. The van der Waals surface area contributed by atoms with E-state index >= 15 is 0 Å². The maximum atomic E-state index is 12.0. The Hall–Kier alpha value is -1.69. The van der Waals surface area contributed by atoms with E-state index in [4.69, 9.17) is 0 Å². The van der Waals surface area contributed by atoms with Gasteiger partial charge in [0.05, 0.1) is 4.90 Å². The lowest BCUT2D eigenvalue weighted by molar-refractivity contribution is 0.0310. The molecule has 0 bridgehead atoms. The van der Waals surface area contributed by atoms with Crippen molar-refractivity contribution >= 4 is 10.0 Å². The van der Waals surface area contributed by atoms with Crippen LogP contribution in [0.5, 0.6) is 0 Å². The molecule has 2 aromatic carbocycles. The van der Waals surface area contributed by atoms with E-state index in [0.29, 0.717) is 5.56 Å². The van der Waals surface area contributed by atoms with Gasteiger partial charge in [-0.15, -0.1) is 0 Å². The second kappa shape index (κ2) is 4.89. The molecule has 2 rings (SSSR count). The number of hydrogen-bond donors (Lipinski definition) is 1. The van der Waals surface area contributed by atoms with E-state index in [1.54, 1.807) is 18.2 Å². The normalized spacial score (nSPS) is 11.7. The summed E-state index contributed by atoms with van der Waals surface area (Å²) in [4.78, 5) is 0.0844. The van der Waals surface area contributed by atoms with Gasteiger partial charge < -0.3 is 0 Å². The van der Waals surface area contributed by atoms with Gasteiger partial charge in [0.1, 0.15) is 0 Å². The zero-order chi connectivity index (χ0) is 13.2. The molecule has 0 aliphatic rings. The van der Waals surface area contributed by atoms with E-state index in [-0.39, 0.29) is 9.36 Å². The smallest absolute Gasteiger partial charge is 0.265 e. The van der Waals surface area contributed by atoms with Crippen LogP contribution in [0.3, 0.4) is 0 Å². The van der Waals surface area contributed by atoms with Gasteiger partial charge >= 0.3 is 0 Å². The second-order valence-electron chi connectivity index (χ2n) is 3.80. The van der Waals surface area contributed by atoms with Gasteiger partial charge in [0.25, 0.3) is 10.0 Å². The van der Waals surface area contributed by atoms with Crippen molar-refractivity contribution in [2.75, 3.05) is 7.05 Å². The Morgan fingerprint density at radius 3 is 2.11 bits per heavy atom. The van der Waals surface area contributed by atoms with Crippen LogP contribution in [0.4, 0.5) is 0 Å². The van der Waals surface area contributed by atoms with Crippen LogP contribution in [0.15, 0.2) is 59.5 Å². The fourth-order valence-corrected chi connectivity index (χ4v) is 2.69. The second-order valence-corrected chi connectivity index (χ2v) is 5.72. The number of hydroxylamine groups is 1. The molecular formula is C13H13NO3S. The van der Waals surface area contributed by atoms with Gasteiger partial charge in [0.15, 0.2) is 0 Å². The van der Waals surface area contributed by atoms with Crippen LogP contribution in [0, 0.1) is 0 Å². The van der Waals surface area contributed by atoms with Gasteiger partial charge in [-0.3, -0.25) is 5.21 Å². The summed E-state index contributed by atoms with van der Waals surface area (Å²) in [7, 11) is -2.77. The Morgan fingerprint density at radius 2 is 1.50 bits per heavy atom. The van der Waals surface area contributed by atoms with Crippen LogP contribution < -0.4 is 0 Å². The van der Waals surface area contributed by atoms with Crippen molar-refractivity contribution in [1.82, 2.24) is 4.47 Å². The van der Waals surface area contributed by atoms with E-state index in [9.17, 15) is 13.6 Å². The highest BCUT2D eigenvalue weighted by Crippen LogP contribution is 2.28. The zero-order valence-electron chi connectivity index (χ0n) is 9.82. The average molecular weight is 263 g/mol. The summed E-state index contributed by atoms with van der Waals surface area (Å²) in [6.07, 6.45) is 0. The summed E-state index contributed by atoms with van der Waals surface area (Å²) in [5.41, 5.74) is 1.36. The topological polar surface area (TPSA) is 57.6 Å². The maximum Gasteiger partial charge on any atom is 0.265 e. The number of sulfonamides is 1. The Balaban J connectivity index is 2.65. The van der Waals surface area contributed by atoms with Gasteiger partial charge in [-0.25, -0.2) is 8.42 Å². The molecule has 18 heavy (non-hydrogen) atoms. The van der Waals surface area contributed by atoms with Gasteiger partial charge in [-0.05, 0) is 11.6 Å². The summed E-state index contributed by atoms with van der Waals surface area (Å²) < 4.78 is 24.2. The predicted molar refractivity (Wildman–Crippen MR) is 68.6 cm³/mol. The molecule has 0 aliphatic heterocycles. The molecule has 0 saturated heterocycles. The first-order valence-corrected chi connectivity index (χ1v) is 6.80. The Kier molecular flexibility index (Phi) is 3.47. The fraction of sp³-hybridized carbons (Fsp3) is 0.0769. The SMILES string of the molecule is CN(O)S(=O)(=O)c1ccccc1-c1ccccc1. The predicted octanol–water partition coefficient (Wildman–Crippen LogP) is 2.36. The van der Waals surface area contributed by atoms with Crippen LogP contribution in [0.1, 0.15) is 0 Å². The van der Waals surface area contributed by atoms with Crippen molar-refractivity contribution in [2.45, 2.75) is 4.90 Å². The van der Waals surface area contributed by atoms with Gasteiger partial charge in [0, 0.05) is 12.6 Å². The van der Waals surface area contributed by atoms with E-state index in [0.717, 1.165) is 12.6 Å². The molecule has 0 atom stereocenters. The number of benzene rings is 2. The van der Waals surface area contributed by atoms with Crippen molar-refractivity contribution < 1.29 is 13.6 Å². The Bertz CT molecular complexity index is 636. The molecule has 0 spiro atoms. The van der Waals surface area contributed by atoms with Crippen LogP contribution in [0.2, 0.25) is 0 Å². The van der Waals surface area contributed by atoms with Gasteiger partial charge in [0.2, 0.25) is 0 Å². The number of hydrogen-bond acceptors (Lipinski definition) is 3. The van der Waals surface area contributed by atoms with Gasteiger partial charge in [-0.1, -0.05) is 53.0 Å². The van der Waals surface area contributed by atoms with Crippen LogP contribution in [-0.2, 0) is 10.0 Å². The molecule has 4 nitrogen and oxygen atoms in total. The molecule has 0 saturated carbocycles. The number of rotatable bonds is 3. The van der Waals surface area contributed by atoms with E-state index in [1.807, 2.05) is 30.3 Å². The summed E-state index contributed by atoms with van der Waals surface area (Å²) in [6, 6.07) is 15.8. The minimum Gasteiger partial charge on any atom is -0.299 e. The average Bonchev–Trinajstić information content (AvgIpc) is 2.39. The van der Waals surface area contributed by atoms with Crippen molar-refractivity contribution in [2.24, 2.45) is 0 Å². The highest BCUT2D eigenvalue weighted by Gasteiger charge is 2.22. The third kappa shape index (κ3) is 2.28. The molecule has 5 heteroatoms. The van der Waals surface area contributed by atoms with Crippen molar-refractivity contribution in [3.05, 3.63) is 54.6 Å². The highest BCUT2D eigenvalue weighted by molar-refractivity contribution is 7.89. The number of nitrogens with zero attached hydrogens (tertiary/aromatic N) is 1. The van der Waals surface area contributed by atoms with Gasteiger partial charge in [-0.2, -0.15) is 0 Å². The summed E-state index contributed by atoms with van der Waals surface area (Å²) in [5.74, 6) is 0. The molecule has 0 aliphatic carbocycles. The van der Waals surface area contributed by atoms with Crippen molar-refractivity contribution in [3.8, 4) is 11.1 Å². The lowest BCUT2D eigenvalue weighted by atomic mass is 10.1. The molecular weight excluding hydrogens is 250 g/mol. The Morgan fingerprint density at radius 1 is 0.944 bits per heavy atom. The first-order valence-electron chi connectivity index (χ1n) is 5.36. The molecule has 0 aromatic heterocycles. The minimum absolute atomic E-state index is 0.0844. The molecule has 1 N–H and O–H groups in total. The standard InChI is InChI=1S/C13H13NO3S/c1-14(15)18(16,17)13-10-6-5-9-12(13)11-7-3-2-4-8-11/h2-10,15H,1H3. The zero-order valence-corrected chi connectivity index (χ0v) is 10.6. The van der Waals surface area contributed by atoms with E-state index in [2.05, 4.69) is 0 Å². The Labute approximate surface area is 106 Å². The lowest BCUT2D eigenvalue weighted by Crippen LogP contribution is -2.23. The van der Waals surface area contributed by atoms with Crippen LogP contribution in [0.25, 0.3) is 11.1 Å². The molecule has 0 fully saturated rings. The molecule has 2 aromatic rings. The van der Waals surface area contributed by atoms with Crippen LogP contribution >= 0.6 is 0 Å². The molecule has 0 radical (unpaired) electrons. The third-order valence-electron chi connectivity index (χ3n) is 2.60. The summed E-state index contributed by atoms with van der Waals surface area (Å²) in [5, 5.41) is 9.25. The maximum absolute atomic E-state index is 12.0. The first kappa shape index (κ1) is 12.8. The van der Waals surface area contributed by atoms with E-state index < -0.39 is 10.0 Å².